The number of urea groups is 1. The minimum absolute atomic E-state index is 0.0549. The van der Waals surface area contributed by atoms with E-state index in [1.54, 1.807) is 11.0 Å². The maximum atomic E-state index is 12.4. The molecule has 25 heavy (non-hydrogen) atoms. The van der Waals surface area contributed by atoms with Crippen LogP contribution >= 0.6 is 11.6 Å². The monoisotopic (exact) mass is 368 g/mol. The number of carbonyl (C=O) groups is 1. The average Bonchev–Trinajstić information content (AvgIpc) is 3.10. The summed E-state index contributed by atoms with van der Waals surface area (Å²) in [5, 5.41) is 13.5. The van der Waals surface area contributed by atoms with Crippen molar-refractivity contribution < 1.29 is 14.5 Å². The second-order valence-electron chi connectivity index (χ2n) is 6.34. The van der Waals surface area contributed by atoms with Gasteiger partial charge in [0.05, 0.1) is 17.2 Å². The van der Waals surface area contributed by atoms with E-state index >= 15 is 0 Å². The van der Waals surface area contributed by atoms with Gasteiger partial charge < -0.3 is 15.0 Å². The highest BCUT2D eigenvalue weighted by Crippen LogP contribution is 2.31. The fourth-order valence-electron chi connectivity index (χ4n) is 3.18. The molecule has 0 bridgehead atoms. The van der Waals surface area contributed by atoms with E-state index in [-0.39, 0.29) is 22.4 Å². The smallest absolute Gasteiger partial charge is 0.321 e. The van der Waals surface area contributed by atoms with Crippen LogP contribution in [-0.2, 0) is 4.74 Å². The van der Waals surface area contributed by atoms with Crippen LogP contribution in [0.25, 0.3) is 0 Å². The Bertz CT molecular complexity index is 643. The molecular formula is C16H21ClN4O4. The Morgan fingerprint density at radius 1 is 1.36 bits per heavy atom. The lowest BCUT2D eigenvalue weighted by Gasteiger charge is -2.35. The number of piperazine rings is 1. The van der Waals surface area contributed by atoms with Crippen LogP contribution in [0.5, 0.6) is 0 Å². The number of nitrogens with zero attached hydrogens (tertiary/aromatic N) is 3. The predicted octanol–water partition coefficient (Wildman–Crippen LogP) is 2.43. The van der Waals surface area contributed by atoms with Crippen molar-refractivity contribution in [3.63, 3.8) is 0 Å². The first-order valence-electron chi connectivity index (χ1n) is 8.33. The molecule has 8 nitrogen and oxygen atoms in total. The lowest BCUT2D eigenvalue weighted by Crippen LogP contribution is -2.51. The van der Waals surface area contributed by atoms with Crippen LogP contribution in [0.3, 0.4) is 0 Å². The van der Waals surface area contributed by atoms with Gasteiger partial charge in [-0.3, -0.25) is 15.0 Å². The number of nitro benzene ring substituents is 1. The lowest BCUT2D eigenvalue weighted by molar-refractivity contribution is -0.384. The average molecular weight is 369 g/mol. The number of hydrogen-bond acceptors (Lipinski definition) is 5. The Hall–Kier alpha value is -1.90. The largest absolute Gasteiger partial charge is 0.381 e. The van der Waals surface area contributed by atoms with Crippen molar-refractivity contribution in [3.8, 4) is 0 Å². The van der Waals surface area contributed by atoms with Gasteiger partial charge in [-0.05, 0) is 18.4 Å². The Balaban J connectivity index is 1.53. The summed E-state index contributed by atoms with van der Waals surface area (Å²) in [5.41, 5.74) is 0.0365. The summed E-state index contributed by atoms with van der Waals surface area (Å²) in [6.45, 7) is 5.53. The van der Waals surface area contributed by atoms with Gasteiger partial charge in [0.2, 0.25) is 0 Å². The Labute approximate surface area is 150 Å². The molecule has 2 aliphatic rings. The number of halogens is 1. The van der Waals surface area contributed by atoms with Crippen LogP contribution in [0, 0.1) is 16.0 Å². The first-order chi connectivity index (χ1) is 12.0. The molecule has 2 heterocycles. The van der Waals surface area contributed by atoms with E-state index in [1.165, 1.54) is 12.1 Å². The molecule has 2 aliphatic heterocycles. The van der Waals surface area contributed by atoms with Crippen molar-refractivity contribution in [1.29, 1.82) is 0 Å². The van der Waals surface area contributed by atoms with Crippen molar-refractivity contribution in [2.24, 2.45) is 5.92 Å². The van der Waals surface area contributed by atoms with Gasteiger partial charge in [-0.25, -0.2) is 4.79 Å². The predicted molar refractivity (Wildman–Crippen MR) is 94.1 cm³/mol. The molecule has 9 heteroatoms. The summed E-state index contributed by atoms with van der Waals surface area (Å²) in [7, 11) is 0. The Kier molecular flexibility index (Phi) is 5.72. The topological polar surface area (TPSA) is 87.9 Å². The van der Waals surface area contributed by atoms with Gasteiger partial charge in [0.25, 0.3) is 5.69 Å². The van der Waals surface area contributed by atoms with Gasteiger partial charge in [-0.1, -0.05) is 17.7 Å². The van der Waals surface area contributed by atoms with E-state index in [1.807, 2.05) is 0 Å². The maximum absolute atomic E-state index is 12.4. The van der Waals surface area contributed by atoms with Crippen LogP contribution in [0.4, 0.5) is 16.2 Å². The molecule has 1 atom stereocenters. The molecule has 1 aromatic carbocycles. The molecule has 0 spiro atoms. The summed E-state index contributed by atoms with van der Waals surface area (Å²) in [4.78, 5) is 26.8. The Morgan fingerprint density at radius 3 is 2.76 bits per heavy atom. The molecule has 1 N–H and O–H groups in total. The number of nitro groups is 1. The summed E-state index contributed by atoms with van der Waals surface area (Å²) < 4.78 is 5.40. The molecule has 0 radical (unpaired) electrons. The van der Waals surface area contributed by atoms with Crippen molar-refractivity contribution in [2.45, 2.75) is 6.42 Å². The van der Waals surface area contributed by atoms with Gasteiger partial charge in [0.15, 0.2) is 0 Å². The van der Waals surface area contributed by atoms with Crippen molar-refractivity contribution in [2.75, 3.05) is 51.3 Å². The number of anilines is 1. The highest BCUT2D eigenvalue weighted by molar-refractivity contribution is 6.35. The first-order valence-corrected chi connectivity index (χ1v) is 8.71. The second kappa shape index (κ2) is 7.99. The van der Waals surface area contributed by atoms with E-state index < -0.39 is 4.92 Å². The molecule has 1 aromatic rings. The zero-order chi connectivity index (χ0) is 17.8. The molecule has 2 amide bonds. The highest BCUT2D eigenvalue weighted by Gasteiger charge is 2.25. The third-order valence-corrected chi connectivity index (χ3v) is 5.01. The van der Waals surface area contributed by atoms with Crippen molar-refractivity contribution in [3.05, 3.63) is 33.3 Å². The maximum Gasteiger partial charge on any atom is 0.321 e. The summed E-state index contributed by atoms with van der Waals surface area (Å²) in [6.07, 6.45) is 1.10. The molecule has 0 unspecified atom stereocenters. The third kappa shape index (κ3) is 4.39. The Morgan fingerprint density at radius 2 is 2.12 bits per heavy atom. The molecule has 3 rings (SSSR count). The van der Waals surface area contributed by atoms with Crippen molar-refractivity contribution in [1.82, 2.24) is 9.80 Å². The van der Waals surface area contributed by atoms with Gasteiger partial charge in [-0.2, -0.15) is 0 Å². The van der Waals surface area contributed by atoms with Gasteiger partial charge in [-0.15, -0.1) is 0 Å². The first kappa shape index (κ1) is 17.9. The van der Waals surface area contributed by atoms with E-state index in [2.05, 4.69) is 10.2 Å². The van der Waals surface area contributed by atoms with E-state index in [9.17, 15) is 14.9 Å². The summed E-state index contributed by atoms with van der Waals surface area (Å²) >= 11 is 6.01. The fraction of sp³-hybridized carbons (Fsp3) is 0.562. The number of carbonyl (C=O) groups excluding carboxylic acids is 1. The molecule has 136 valence electrons. The summed E-state index contributed by atoms with van der Waals surface area (Å²) in [5.74, 6) is 0.587. The van der Waals surface area contributed by atoms with E-state index in [0.717, 1.165) is 39.3 Å². The van der Waals surface area contributed by atoms with Gasteiger partial charge in [0.1, 0.15) is 5.02 Å². The quantitative estimate of drug-likeness (QED) is 0.651. The molecule has 0 aromatic heterocycles. The zero-order valence-electron chi connectivity index (χ0n) is 13.8. The zero-order valence-corrected chi connectivity index (χ0v) is 14.6. The third-order valence-electron chi connectivity index (χ3n) is 4.62. The molecule has 2 saturated heterocycles. The molecule has 0 saturated carbocycles. The number of rotatable bonds is 4. The van der Waals surface area contributed by atoms with Crippen LogP contribution in [0.2, 0.25) is 5.02 Å². The fourth-order valence-corrected chi connectivity index (χ4v) is 3.42. The number of benzene rings is 1. The molecular weight excluding hydrogens is 348 g/mol. The van der Waals surface area contributed by atoms with Crippen molar-refractivity contribution >= 4 is 29.0 Å². The highest BCUT2D eigenvalue weighted by atomic mass is 35.5. The van der Waals surface area contributed by atoms with E-state index in [4.69, 9.17) is 16.3 Å². The standard InChI is InChI=1S/C16H21ClN4O4/c17-15-13(2-1-3-14(15)21(23)24)18-16(22)20-7-5-19(6-8-20)10-12-4-9-25-11-12/h1-3,12H,4-11H2,(H,18,22)/t12-/m1/s1. The number of amides is 2. The van der Waals surface area contributed by atoms with Crippen LogP contribution < -0.4 is 5.32 Å². The minimum atomic E-state index is -0.566. The number of nitrogens with one attached hydrogen (secondary N) is 1. The second-order valence-corrected chi connectivity index (χ2v) is 6.72. The lowest BCUT2D eigenvalue weighted by atomic mass is 10.1. The summed E-state index contributed by atoms with van der Waals surface area (Å²) in [6, 6.07) is 4.08. The van der Waals surface area contributed by atoms with Gasteiger partial charge >= 0.3 is 6.03 Å². The minimum Gasteiger partial charge on any atom is -0.381 e. The van der Waals surface area contributed by atoms with Gasteiger partial charge in [0, 0.05) is 45.4 Å². The number of ether oxygens (including phenoxy) is 1. The van der Waals surface area contributed by atoms with Crippen LogP contribution in [-0.4, -0.2) is 66.7 Å². The normalized spacial score (nSPS) is 21.3. The van der Waals surface area contributed by atoms with Crippen LogP contribution in [0.1, 0.15) is 6.42 Å². The molecule has 2 fully saturated rings. The van der Waals surface area contributed by atoms with Crippen LogP contribution in [0.15, 0.2) is 18.2 Å². The number of hydrogen-bond donors (Lipinski definition) is 1. The van der Waals surface area contributed by atoms with E-state index in [0.29, 0.717) is 19.0 Å². The molecule has 0 aliphatic carbocycles. The SMILES string of the molecule is O=C(Nc1cccc([N+](=O)[O-])c1Cl)N1CCN(C[C@H]2CCOC2)CC1.